The van der Waals surface area contributed by atoms with Crippen molar-refractivity contribution in [1.29, 1.82) is 0 Å². The maximum absolute atomic E-state index is 10.2. The number of anilines is 1. The third-order valence-corrected chi connectivity index (χ3v) is 4.98. The number of hydrogen-bond acceptors (Lipinski definition) is 3. The molecule has 0 aromatic heterocycles. The van der Waals surface area contributed by atoms with E-state index < -0.39 is 0 Å². The van der Waals surface area contributed by atoms with Crippen LogP contribution in [0.1, 0.15) is 23.6 Å². The van der Waals surface area contributed by atoms with Crippen molar-refractivity contribution >= 4 is 34.6 Å². The van der Waals surface area contributed by atoms with Gasteiger partial charge in [0.2, 0.25) is 0 Å². The summed E-state index contributed by atoms with van der Waals surface area (Å²) in [6, 6.07) is 22.7. The van der Waals surface area contributed by atoms with Crippen LogP contribution < -0.4 is 5.01 Å². The Balaban J connectivity index is 1.77. The highest BCUT2D eigenvalue weighted by Gasteiger charge is 2.30. The summed E-state index contributed by atoms with van der Waals surface area (Å²) in [6.07, 6.45) is 0.682. The van der Waals surface area contributed by atoms with Crippen LogP contribution >= 0.6 is 23.2 Å². The molecule has 3 aromatic rings. The number of para-hydroxylation sites is 1. The minimum absolute atomic E-state index is 0.0167. The zero-order valence-electron chi connectivity index (χ0n) is 13.8. The molecule has 0 fully saturated rings. The fourth-order valence-electron chi connectivity index (χ4n) is 3.17. The molecule has 4 rings (SSSR count). The van der Waals surface area contributed by atoms with Crippen LogP contribution in [-0.4, -0.2) is 10.8 Å². The molecule has 0 saturated carbocycles. The topological polar surface area (TPSA) is 35.8 Å². The summed E-state index contributed by atoms with van der Waals surface area (Å²) >= 11 is 12.1. The Labute approximate surface area is 162 Å². The lowest BCUT2D eigenvalue weighted by Gasteiger charge is -2.24. The zero-order chi connectivity index (χ0) is 18.1. The van der Waals surface area contributed by atoms with Gasteiger partial charge in [-0.25, -0.2) is 0 Å². The number of hydrazone groups is 1. The Morgan fingerprint density at radius 3 is 2.12 bits per heavy atom. The highest BCUT2D eigenvalue weighted by atomic mass is 35.5. The van der Waals surface area contributed by atoms with E-state index in [1.54, 1.807) is 6.07 Å². The molecular formula is C21H16Cl2N2O. The number of hydrogen-bond donors (Lipinski definition) is 1. The fraction of sp³-hybridized carbons (Fsp3) is 0.0952. The Morgan fingerprint density at radius 1 is 0.846 bits per heavy atom. The average molecular weight is 383 g/mol. The van der Waals surface area contributed by atoms with Crippen molar-refractivity contribution in [3.63, 3.8) is 0 Å². The summed E-state index contributed by atoms with van der Waals surface area (Å²) in [5.41, 5.74) is 3.65. The van der Waals surface area contributed by atoms with Crippen molar-refractivity contribution in [1.82, 2.24) is 0 Å². The van der Waals surface area contributed by atoms with Crippen LogP contribution in [0.2, 0.25) is 10.0 Å². The number of benzene rings is 3. The second-order valence-corrected chi connectivity index (χ2v) is 7.03. The van der Waals surface area contributed by atoms with E-state index in [1.165, 1.54) is 0 Å². The van der Waals surface area contributed by atoms with E-state index in [1.807, 2.05) is 71.7 Å². The standard InChI is InChI=1S/C21H16Cl2N2O/c22-15-7-5-14(6-8-15)20-13-19(18-3-1-2-4-21(18)26)24-25(20)17-11-9-16(23)10-12-17/h1-12,20,26H,13H2. The maximum Gasteiger partial charge on any atom is 0.124 e. The molecule has 1 N–H and O–H groups in total. The lowest BCUT2D eigenvalue weighted by Crippen LogP contribution is -2.18. The van der Waals surface area contributed by atoms with Crippen molar-refractivity contribution in [3.05, 3.63) is 94.0 Å². The molecular weight excluding hydrogens is 367 g/mol. The van der Waals surface area contributed by atoms with Crippen LogP contribution in [0.15, 0.2) is 77.9 Å². The van der Waals surface area contributed by atoms with Crippen LogP contribution in [0.5, 0.6) is 5.75 Å². The molecule has 1 aliphatic heterocycles. The second kappa shape index (κ2) is 7.02. The van der Waals surface area contributed by atoms with Gasteiger partial charge < -0.3 is 5.11 Å². The van der Waals surface area contributed by atoms with E-state index in [2.05, 4.69) is 0 Å². The van der Waals surface area contributed by atoms with Crippen molar-refractivity contribution < 1.29 is 5.11 Å². The number of aromatic hydroxyl groups is 1. The summed E-state index contributed by atoms with van der Waals surface area (Å²) < 4.78 is 0. The highest BCUT2D eigenvalue weighted by Crippen LogP contribution is 2.38. The first-order valence-electron chi connectivity index (χ1n) is 8.28. The smallest absolute Gasteiger partial charge is 0.124 e. The lowest BCUT2D eigenvalue weighted by molar-refractivity contribution is 0.474. The zero-order valence-corrected chi connectivity index (χ0v) is 15.3. The number of halogens is 2. The monoisotopic (exact) mass is 382 g/mol. The molecule has 3 aromatic carbocycles. The van der Waals surface area contributed by atoms with Crippen molar-refractivity contribution in [3.8, 4) is 5.75 Å². The summed E-state index contributed by atoms with van der Waals surface area (Å²) in [5, 5.41) is 18.4. The van der Waals surface area contributed by atoms with Crippen molar-refractivity contribution in [2.24, 2.45) is 5.10 Å². The molecule has 0 aliphatic carbocycles. The predicted molar refractivity (Wildman–Crippen MR) is 107 cm³/mol. The van der Waals surface area contributed by atoms with Gasteiger partial charge in [0, 0.05) is 22.0 Å². The van der Waals surface area contributed by atoms with Crippen LogP contribution in [-0.2, 0) is 0 Å². The van der Waals surface area contributed by atoms with Crippen LogP contribution in [0.4, 0.5) is 5.69 Å². The molecule has 1 unspecified atom stereocenters. The van der Waals surface area contributed by atoms with Gasteiger partial charge in [0.25, 0.3) is 0 Å². The summed E-state index contributed by atoms with van der Waals surface area (Å²) in [4.78, 5) is 0. The van der Waals surface area contributed by atoms with Gasteiger partial charge in [-0.05, 0) is 54.1 Å². The summed E-state index contributed by atoms with van der Waals surface area (Å²) in [6.45, 7) is 0. The van der Waals surface area contributed by atoms with E-state index in [-0.39, 0.29) is 11.8 Å². The summed E-state index contributed by atoms with van der Waals surface area (Å²) in [7, 11) is 0. The van der Waals surface area contributed by atoms with Gasteiger partial charge in [0.15, 0.2) is 0 Å². The molecule has 3 nitrogen and oxygen atoms in total. The molecule has 26 heavy (non-hydrogen) atoms. The Bertz CT molecular complexity index is 953. The van der Waals surface area contributed by atoms with E-state index >= 15 is 0 Å². The molecule has 1 aliphatic rings. The fourth-order valence-corrected chi connectivity index (χ4v) is 3.42. The Morgan fingerprint density at radius 2 is 1.46 bits per heavy atom. The summed E-state index contributed by atoms with van der Waals surface area (Å²) in [5.74, 6) is 0.235. The van der Waals surface area contributed by atoms with Crippen LogP contribution in [0, 0.1) is 0 Å². The maximum atomic E-state index is 10.2. The number of phenolic OH excluding ortho intramolecular Hbond substituents is 1. The molecule has 5 heteroatoms. The molecule has 0 bridgehead atoms. The van der Waals surface area contributed by atoms with Gasteiger partial charge in [0.05, 0.1) is 17.4 Å². The molecule has 1 atom stereocenters. The van der Waals surface area contributed by atoms with Crippen LogP contribution in [0.3, 0.4) is 0 Å². The number of phenols is 1. The SMILES string of the molecule is Oc1ccccc1C1=NN(c2ccc(Cl)cc2)C(c2ccc(Cl)cc2)C1. The van der Waals surface area contributed by atoms with Crippen molar-refractivity contribution in [2.45, 2.75) is 12.5 Å². The van der Waals surface area contributed by atoms with Gasteiger partial charge >= 0.3 is 0 Å². The van der Waals surface area contributed by atoms with Crippen molar-refractivity contribution in [2.75, 3.05) is 5.01 Å². The van der Waals surface area contributed by atoms with Gasteiger partial charge in [0.1, 0.15) is 5.75 Å². The van der Waals surface area contributed by atoms with Gasteiger partial charge in [-0.2, -0.15) is 5.10 Å². The quantitative estimate of drug-likeness (QED) is 0.597. The Hall–Kier alpha value is -2.49. The minimum Gasteiger partial charge on any atom is -0.507 e. The molecule has 1 heterocycles. The first-order valence-corrected chi connectivity index (χ1v) is 9.03. The molecule has 0 amide bonds. The number of nitrogens with zero attached hydrogens (tertiary/aromatic N) is 2. The number of rotatable bonds is 3. The molecule has 130 valence electrons. The molecule has 0 spiro atoms. The van der Waals surface area contributed by atoms with E-state index in [0.717, 1.165) is 22.5 Å². The average Bonchev–Trinajstić information content (AvgIpc) is 3.08. The lowest BCUT2D eigenvalue weighted by atomic mass is 9.98. The second-order valence-electron chi connectivity index (χ2n) is 6.16. The van der Waals surface area contributed by atoms with Gasteiger partial charge in [-0.1, -0.05) is 47.5 Å². The first-order chi connectivity index (χ1) is 12.6. The minimum atomic E-state index is 0.0167. The Kier molecular flexibility index (Phi) is 4.58. The van der Waals surface area contributed by atoms with E-state index in [0.29, 0.717) is 16.5 Å². The van der Waals surface area contributed by atoms with Crippen LogP contribution in [0.25, 0.3) is 0 Å². The largest absolute Gasteiger partial charge is 0.507 e. The highest BCUT2D eigenvalue weighted by molar-refractivity contribution is 6.30. The third-order valence-electron chi connectivity index (χ3n) is 4.47. The first kappa shape index (κ1) is 17.0. The van der Waals surface area contributed by atoms with E-state index in [9.17, 15) is 5.11 Å². The predicted octanol–water partition coefficient (Wildman–Crippen LogP) is 6.05. The molecule has 0 saturated heterocycles. The molecule has 0 radical (unpaired) electrons. The van der Waals surface area contributed by atoms with E-state index in [4.69, 9.17) is 28.3 Å². The third kappa shape index (κ3) is 3.28. The van der Waals surface area contributed by atoms with Gasteiger partial charge in [-0.3, -0.25) is 5.01 Å². The normalized spacial score (nSPS) is 16.6. The van der Waals surface area contributed by atoms with Gasteiger partial charge in [-0.15, -0.1) is 0 Å².